The highest BCUT2D eigenvalue weighted by molar-refractivity contribution is 5.33. The molecule has 0 amide bonds. The molecule has 4 N–H and O–H groups in total. The first-order valence-corrected chi connectivity index (χ1v) is 7.90. The van der Waals surface area contributed by atoms with Gasteiger partial charge < -0.3 is 15.9 Å². The van der Waals surface area contributed by atoms with E-state index in [0.29, 0.717) is 25.1 Å². The minimum absolute atomic E-state index is 0.477. The second-order valence-electron chi connectivity index (χ2n) is 5.54. The predicted molar refractivity (Wildman–Crippen MR) is 88.4 cm³/mol. The maximum atomic E-state index is 10.1. The van der Waals surface area contributed by atoms with E-state index in [-0.39, 0.29) is 0 Å². The molecule has 0 heterocycles. The number of nitrogens with two attached hydrogens (primary N) is 1. The molecule has 1 atom stereocenters. The SMILES string of the molecule is CCC(CC)=C(O)CCc1ccc(C)c(C(O)CCN)c1. The van der Waals surface area contributed by atoms with Crippen molar-refractivity contribution in [3.05, 3.63) is 46.2 Å². The van der Waals surface area contributed by atoms with Crippen LogP contribution in [0.3, 0.4) is 0 Å². The first-order valence-electron chi connectivity index (χ1n) is 7.90. The maximum absolute atomic E-state index is 10.1. The minimum Gasteiger partial charge on any atom is -0.512 e. The van der Waals surface area contributed by atoms with Crippen LogP contribution in [-0.2, 0) is 6.42 Å². The number of allylic oxidation sites excluding steroid dienone is 2. The smallest absolute Gasteiger partial charge is 0.0917 e. The van der Waals surface area contributed by atoms with Crippen molar-refractivity contribution in [3.8, 4) is 0 Å². The lowest BCUT2D eigenvalue weighted by Gasteiger charge is -2.15. The fraction of sp³-hybridized carbons (Fsp3) is 0.556. The van der Waals surface area contributed by atoms with Crippen LogP contribution in [0.25, 0.3) is 0 Å². The summed E-state index contributed by atoms with van der Waals surface area (Å²) in [6.07, 6.45) is 3.32. The molecule has 0 fully saturated rings. The van der Waals surface area contributed by atoms with Gasteiger partial charge in [-0.05, 0) is 61.4 Å². The predicted octanol–water partition coefficient (Wildman–Crippen LogP) is 3.94. The number of aliphatic hydroxyl groups excluding tert-OH is 2. The van der Waals surface area contributed by atoms with Gasteiger partial charge in [0.15, 0.2) is 0 Å². The Balaban J connectivity index is 2.81. The molecule has 118 valence electrons. The molecule has 1 aromatic rings. The molecular formula is C18H29NO2. The highest BCUT2D eigenvalue weighted by Gasteiger charge is 2.11. The van der Waals surface area contributed by atoms with Crippen LogP contribution in [0.1, 0.15) is 62.3 Å². The molecule has 0 aliphatic carbocycles. The normalized spacial score (nSPS) is 12.2. The highest BCUT2D eigenvalue weighted by Crippen LogP contribution is 2.23. The molecule has 0 spiro atoms. The summed E-state index contributed by atoms with van der Waals surface area (Å²) in [4.78, 5) is 0. The molecule has 1 unspecified atom stereocenters. The molecule has 0 aliphatic rings. The third-order valence-corrected chi connectivity index (χ3v) is 4.05. The Morgan fingerprint density at radius 2 is 1.90 bits per heavy atom. The van der Waals surface area contributed by atoms with Crippen LogP contribution < -0.4 is 5.73 Å². The van der Waals surface area contributed by atoms with Gasteiger partial charge in [0, 0.05) is 6.42 Å². The van der Waals surface area contributed by atoms with Crippen LogP contribution in [-0.4, -0.2) is 16.8 Å². The topological polar surface area (TPSA) is 66.5 Å². The van der Waals surface area contributed by atoms with E-state index in [2.05, 4.69) is 19.9 Å². The Hall–Kier alpha value is -1.32. The molecule has 0 aromatic heterocycles. The van der Waals surface area contributed by atoms with Crippen LogP contribution in [0.5, 0.6) is 0 Å². The van der Waals surface area contributed by atoms with E-state index in [9.17, 15) is 10.2 Å². The molecule has 3 heteroatoms. The summed E-state index contributed by atoms with van der Waals surface area (Å²) in [6.45, 7) is 6.62. The minimum atomic E-state index is -0.499. The van der Waals surface area contributed by atoms with Crippen molar-refractivity contribution in [3.63, 3.8) is 0 Å². The number of aryl methyl sites for hydroxylation is 2. The van der Waals surface area contributed by atoms with Gasteiger partial charge in [0.05, 0.1) is 11.9 Å². The van der Waals surface area contributed by atoms with Crippen LogP contribution >= 0.6 is 0 Å². The van der Waals surface area contributed by atoms with Crippen LogP contribution in [0, 0.1) is 6.92 Å². The maximum Gasteiger partial charge on any atom is 0.0917 e. The molecule has 0 radical (unpaired) electrons. The van der Waals surface area contributed by atoms with E-state index in [1.165, 1.54) is 0 Å². The van der Waals surface area contributed by atoms with E-state index < -0.39 is 6.10 Å². The Labute approximate surface area is 128 Å². The Morgan fingerprint density at radius 1 is 1.24 bits per heavy atom. The van der Waals surface area contributed by atoms with E-state index in [0.717, 1.165) is 41.5 Å². The molecule has 1 aromatic carbocycles. The molecule has 21 heavy (non-hydrogen) atoms. The van der Waals surface area contributed by atoms with E-state index in [1.807, 2.05) is 19.1 Å². The number of hydrogen-bond acceptors (Lipinski definition) is 3. The lowest BCUT2D eigenvalue weighted by atomic mass is 9.96. The summed E-state index contributed by atoms with van der Waals surface area (Å²) >= 11 is 0. The molecule has 0 bridgehead atoms. The van der Waals surface area contributed by atoms with Crippen molar-refractivity contribution in [2.45, 2.75) is 59.0 Å². The second-order valence-corrected chi connectivity index (χ2v) is 5.54. The lowest BCUT2D eigenvalue weighted by molar-refractivity contribution is 0.169. The van der Waals surface area contributed by atoms with Crippen LogP contribution in [0.15, 0.2) is 29.5 Å². The summed E-state index contributed by atoms with van der Waals surface area (Å²) in [7, 11) is 0. The van der Waals surface area contributed by atoms with Gasteiger partial charge in [-0.25, -0.2) is 0 Å². The molecule has 1 rings (SSSR count). The summed E-state index contributed by atoms with van der Waals surface area (Å²) in [5.74, 6) is 0.518. The largest absolute Gasteiger partial charge is 0.512 e. The van der Waals surface area contributed by atoms with Gasteiger partial charge >= 0.3 is 0 Å². The molecule has 3 nitrogen and oxygen atoms in total. The van der Waals surface area contributed by atoms with Gasteiger partial charge in [-0.15, -0.1) is 0 Å². The van der Waals surface area contributed by atoms with Crippen molar-refractivity contribution in [2.24, 2.45) is 5.73 Å². The van der Waals surface area contributed by atoms with Gasteiger partial charge in [-0.1, -0.05) is 32.0 Å². The standard InChI is InChI=1S/C18H29NO2/c1-4-15(5-2)17(20)9-8-14-7-6-13(3)16(12-14)18(21)10-11-19/h6-7,12,18,20-21H,4-5,8-11,19H2,1-3H3. The van der Waals surface area contributed by atoms with Gasteiger partial charge in [0.2, 0.25) is 0 Å². The van der Waals surface area contributed by atoms with Gasteiger partial charge in [-0.2, -0.15) is 0 Å². The summed E-state index contributed by atoms with van der Waals surface area (Å²) in [6, 6.07) is 6.14. The number of rotatable bonds is 8. The quantitative estimate of drug-likeness (QED) is 0.635. The summed E-state index contributed by atoms with van der Waals surface area (Å²) in [5.41, 5.74) is 9.83. The second kappa shape index (κ2) is 8.85. The molecule has 0 aliphatic heterocycles. The average molecular weight is 291 g/mol. The monoisotopic (exact) mass is 291 g/mol. The molecule has 0 saturated carbocycles. The van der Waals surface area contributed by atoms with E-state index >= 15 is 0 Å². The van der Waals surface area contributed by atoms with Crippen molar-refractivity contribution >= 4 is 0 Å². The van der Waals surface area contributed by atoms with Gasteiger partial charge in [-0.3, -0.25) is 0 Å². The molecule has 0 saturated heterocycles. The zero-order chi connectivity index (χ0) is 15.8. The first-order chi connectivity index (χ1) is 10.0. The van der Waals surface area contributed by atoms with Crippen LogP contribution in [0.2, 0.25) is 0 Å². The number of hydrogen-bond donors (Lipinski definition) is 3. The zero-order valence-corrected chi connectivity index (χ0v) is 13.5. The van der Waals surface area contributed by atoms with Gasteiger partial charge in [0.1, 0.15) is 0 Å². The third kappa shape index (κ3) is 5.18. The third-order valence-electron chi connectivity index (χ3n) is 4.05. The molecular weight excluding hydrogens is 262 g/mol. The number of aliphatic hydroxyl groups is 2. The van der Waals surface area contributed by atoms with Crippen molar-refractivity contribution < 1.29 is 10.2 Å². The Bertz CT molecular complexity index is 474. The van der Waals surface area contributed by atoms with Crippen molar-refractivity contribution in [1.29, 1.82) is 0 Å². The van der Waals surface area contributed by atoms with Crippen molar-refractivity contribution in [2.75, 3.05) is 6.54 Å². The fourth-order valence-electron chi connectivity index (χ4n) is 2.62. The zero-order valence-electron chi connectivity index (χ0n) is 13.5. The van der Waals surface area contributed by atoms with Crippen LogP contribution in [0.4, 0.5) is 0 Å². The van der Waals surface area contributed by atoms with E-state index in [1.54, 1.807) is 0 Å². The Morgan fingerprint density at radius 3 is 2.48 bits per heavy atom. The first kappa shape index (κ1) is 17.7. The summed E-state index contributed by atoms with van der Waals surface area (Å²) in [5, 5.41) is 20.2. The lowest BCUT2D eigenvalue weighted by Crippen LogP contribution is -2.08. The number of benzene rings is 1. The fourth-order valence-corrected chi connectivity index (χ4v) is 2.62. The van der Waals surface area contributed by atoms with Crippen molar-refractivity contribution in [1.82, 2.24) is 0 Å². The van der Waals surface area contributed by atoms with E-state index in [4.69, 9.17) is 5.73 Å². The average Bonchev–Trinajstić information content (AvgIpc) is 2.47. The summed E-state index contributed by atoms with van der Waals surface area (Å²) < 4.78 is 0. The van der Waals surface area contributed by atoms with Gasteiger partial charge in [0.25, 0.3) is 0 Å². The highest BCUT2D eigenvalue weighted by atomic mass is 16.3. The Kier molecular flexibility index (Phi) is 7.48.